The molecule has 0 atom stereocenters. The average Bonchev–Trinajstić information content (AvgIpc) is 3.20. The fourth-order valence-corrected chi connectivity index (χ4v) is 2.67. The van der Waals surface area contributed by atoms with E-state index in [4.69, 9.17) is 16.0 Å². The van der Waals surface area contributed by atoms with Gasteiger partial charge in [0.2, 0.25) is 0 Å². The first-order chi connectivity index (χ1) is 13.5. The summed E-state index contributed by atoms with van der Waals surface area (Å²) in [5.41, 5.74) is -0.169. The number of carbonyl (C=O) groups is 2. The number of rotatable bonds is 6. The highest BCUT2D eigenvalue weighted by atomic mass is 35.5. The van der Waals surface area contributed by atoms with Gasteiger partial charge in [-0.2, -0.15) is 0 Å². The molecule has 0 aliphatic rings. The molecular weight excluding hydrogens is 386 g/mol. The van der Waals surface area contributed by atoms with Gasteiger partial charge in [0.15, 0.2) is 0 Å². The summed E-state index contributed by atoms with van der Waals surface area (Å²) in [6.07, 6.45) is 1.49. The van der Waals surface area contributed by atoms with Crippen LogP contribution in [0.5, 0.6) is 0 Å². The Morgan fingerprint density at radius 1 is 1.04 bits per heavy atom. The third-order valence-corrected chi connectivity index (χ3v) is 4.06. The van der Waals surface area contributed by atoms with Crippen molar-refractivity contribution in [1.82, 2.24) is 5.32 Å². The summed E-state index contributed by atoms with van der Waals surface area (Å²) < 4.78 is 5.16. The lowest BCUT2D eigenvalue weighted by molar-refractivity contribution is -0.385. The Balaban J connectivity index is 1.81. The predicted octanol–water partition coefficient (Wildman–Crippen LogP) is 4.02. The lowest BCUT2D eigenvalue weighted by atomic mass is 10.1. The van der Waals surface area contributed by atoms with Gasteiger partial charge in [0.05, 0.1) is 29.0 Å². The zero-order valence-corrected chi connectivity index (χ0v) is 15.1. The van der Waals surface area contributed by atoms with Gasteiger partial charge >= 0.3 is 0 Å². The second-order valence-electron chi connectivity index (χ2n) is 5.68. The van der Waals surface area contributed by atoms with E-state index in [2.05, 4.69) is 10.6 Å². The van der Waals surface area contributed by atoms with Crippen molar-refractivity contribution in [3.8, 4) is 0 Å². The lowest BCUT2D eigenvalue weighted by Crippen LogP contribution is -2.24. The molecule has 8 nitrogen and oxygen atoms in total. The molecule has 2 N–H and O–H groups in total. The van der Waals surface area contributed by atoms with Crippen LogP contribution < -0.4 is 10.6 Å². The van der Waals surface area contributed by atoms with Crippen LogP contribution in [0.3, 0.4) is 0 Å². The molecule has 0 aliphatic heterocycles. The number of halogens is 1. The van der Waals surface area contributed by atoms with Gasteiger partial charge in [0.1, 0.15) is 11.3 Å². The summed E-state index contributed by atoms with van der Waals surface area (Å²) in [4.78, 5) is 35.5. The predicted molar refractivity (Wildman–Crippen MR) is 102 cm³/mol. The van der Waals surface area contributed by atoms with Crippen LogP contribution in [0.2, 0.25) is 5.02 Å². The van der Waals surface area contributed by atoms with Crippen LogP contribution in [-0.4, -0.2) is 16.7 Å². The molecule has 2 amide bonds. The largest absolute Gasteiger partial charge is 0.467 e. The molecule has 0 saturated carbocycles. The van der Waals surface area contributed by atoms with Gasteiger partial charge in [0, 0.05) is 11.1 Å². The minimum Gasteiger partial charge on any atom is -0.467 e. The van der Waals surface area contributed by atoms with Gasteiger partial charge in [-0.3, -0.25) is 19.7 Å². The molecular formula is C19H14ClN3O5. The highest BCUT2D eigenvalue weighted by molar-refractivity contribution is 6.31. The van der Waals surface area contributed by atoms with Gasteiger partial charge in [0.25, 0.3) is 17.5 Å². The number of benzene rings is 2. The standard InChI is InChI=1S/C19H14ClN3O5/c20-12-7-8-15(17(10-12)23(26)27)19(25)22-16-6-2-1-5-14(16)18(24)21-11-13-4-3-9-28-13/h1-10H,11H2,(H,21,24)(H,22,25). The Morgan fingerprint density at radius 2 is 1.82 bits per heavy atom. The average molecular weight is 400 g/mol. The molecule has 0 spiro atoms. The van der Waals surface area contributed by atoms with E-state index in [0.717, 1.165) is 6.07 Å². The highest BCUT2D eigenvalue weighted by Crippen LogP contribution is 2.25. The molecule has 2 aromatic carbocycles. The number of nitrogens with one attached hydrogen (secondary N) is 2. The zero-order valence-electron chi connectivity index (χ0n) is 14.3. The summed E-state index contributed by atoms with van der Waals surface area (Å²) in [5.74, 6) is -0.584. The SMILES string of the molecule is O=C(NCc1ccco1)c1ccccc1NC(=O)c1ccc(Cl)cc1[N+](=O)[O-]. The summed E-state index contributed by atoms with van der Waals surface area (Å²) in [6, 6.07) is 13.5. The number of nitrogens with zero attached hydrogens (tertiary/aromatic N) is 1. The van der Waals surface area contributed by atoms with Crippen molar-refractivity contribution in [2.24, 2.45) is 0 Å². The molecule has 1 aromatic heterocycles. The molecule has 28 heavy (non-hydrogen) atoms. The highest BCUT2D eigenvalue weighted by Gasteiger charge is 2.22. The van der Waals surface area contributed by atoms with Gasteiger partial charge in [-0.05, 0) is 36.4 Å². The van der Waals surface area contributed by atoms with Crippen LogP contribution in [0.15, 0.2) is 65.3 Å². The maximum absolute atomic E-state index is 12.6. The molecule has 9 heteroatoms. The Morgan fingerprint density at radius 3 is 2.54 bits per heavy atom. The number of para-hydroxylation sites is 1. The number of anilines is 1. The lowest BCUT2D eigenvalue weighted by Gasteiger charge is -2.11. The number of nitro benzene ring substituents is 1. The second-order valence-corrected chi connectivity index (χ2v) is 6.12. The zero-order chi connectivity index (χ0) is 20.1. The van der Waals surface area contributed by atoms with E-state index in [0.29, 0.717) is 5.76 Å². The molecule has 1 heterocycles. The fourth-order valence-electron chi connectivity index (χ4n) is 2.50. The number of hydrogen-bond donors (Lipinski definition) is 2. The van der Waals surface area contributed by atoms with Crippen LogP contribution in [0, 0.1) is 10.1 Å². The second kappa shape index (κ2) is 8.36. The quantitative estimate of drug-likeness (QED) is 0.479. The number of carbonyl (C=O) groups excluding carboxylic acids is 2. The molecule has 0 saturated heterocycles. The van der Waals surface area contributed by atoms with Crippen molar-refractivity contribution in [3.05, 3.63) is 92.9 Å². The maximum atomic E-state index is 12.6. The van der Waals surface area contributed by atoms with E-state index < -0.39 is 22.4 Å². The van der Waals surface area contributed by atoms with Crippen molar-refractivity contribution < 1.29 is 18.9 Å². The molecule has 0 fully saturated rings. The van der Waals surface area contributed by atoms with Gasteiger partial charge in [-0.15, -0.1) is 0 Å². The molecule has 142 valence electrons. The summed E-state index contributed by atoms with van der Waals surface area (Å²) in [7, 11) is 0. The van der Waals surface area contributed by atoms with Gasteiger partial charge in [-0.25, -0.2) is 0 Å². The number of furan rings is 1. The third kappa shape index (κ3) is 4.36. The Bertz CT molecular complexity index is 1030. The van der Waals surface area contributed by atoms with Gasteiger partial charge in [-0.1, -0.05) is 23.7 Å². The van der Waals surface area contributed by atoms with E-state index in [1.807, 2.05) is 0 Å². The van der Waals surface area contributed by atoms with Crippen molar-refractivity contribution in [2.75, 3.05) is 5.32 Å². The molecule has 3 rings (SSSR count). The molecule has 0 bridgehead atoms. The van der Waals surface area contributed by atoms with E-state index in [1.165, 1.54) is 30.5 Å². The molecule has 0 aliphatic carbocycles. The molecule has 0 radical (unpaired) electrons. The molecule has 0 unspecified atom stereocenters. The third-order valence-electron chi connectivity index (χ3n) is 3.82. The Labute approximate surface area is 164 Å². The first-order valence-electron chi connectivity index (χ1n) is 8.10. The maximum Gasteiger partial charge on any atom is 0.283 e. The van der Waals surface area contributed by atoms with Crippen molar-refractivity contribution in [2.45, 2.75) is 6.54 Å². The topological polar surface area (TPSA) is 114 Å². The summed E-state index contributed by atoms with van der Waals surface area (Å²) >= 11 is 5.77. The van der Waals surface area contributed by atoms with Crippen LogP contribution in [-0.2, 0) is 6.54 Å². The fraction of sp³-hybridized carbons (Fsp3) is 0.0526. The first-order valence-corrected chi connectivity index (χ1v) is 8.48. The first kappa shape index (κ1) is 19.1. The number of hydrogen-bond acceptors (Lipinski definition) is 5. The van der Waals surface area contributed by atoms with Crippen LogP contribution in [0.25, 0.3) is 0 Å². The van der Waals surface area contributed by atoms with E-state index in [-0.39, 0.29) is 28.4 Å². The minimum atomic E-state index is -0.727. The minimum absolute atomic E-state index is 0.140. The Kier molecular flexibility index (Phi) is 5.71. The summed E-state index contributed by atoms with van der Waals surface area (Å²) in [5, 5.41) is 16.6. The van der Waals surface area contributed by atoms with Gasteiger partial charge < -0.3 is 15.1 Å². The van der Waals surface area contributed by atoms with E-state index >= 15 is 0 Å². The smallest absolute Gasteiger partial charge is 0.283 e. The monoisotopic (exact) mass is 399 g/mol. The number of nitro groups is 1. The van der Waals surface area contributed by atoms with Crippen LogP contribution >= 0.6 is 11.6 Å². The van der Waals surface area contributed by atoms with E-state index in [9.17, 15) is 19.7 Å². The van der Waals surface area contributed by atoms with Crippen molar-refractivity contribution in [3.63, 3.8) is 0 Å². The summed E-state index contributed by atoms with van der Waals surface area (Å²) in [6.45, 7) is 0.177. The van der Waals surface area contributed by atoms with Crippen LogP contribution in [0.4, 0.5) is 11.4 Å². The normalized spacial score (nSPS) is 10.3. The van der Waals surface area contributed by atoms with Crippen LogP contribution in [0.1, 0.15) is 26.5 Å². The van der Waals surface area contributed by atoms with Crippen molar-refractivity contribution in [1.29, 1.82) is 0 Å². The Hall–Kier alpha value is -3.65. The van der Waals surface area contributed by atoms with E-state index in [1.54, 1.807) is 24.3 Å². The molecule has 3 aromatic rings. The number of amides is 2. The van der Waals surface area contributed by atoms with Crippen molar-refractivity contribution >= 4 is 34.8 Å².